The van der Waals surface area contributed by atoms with Gasteiger partial charge in [-0.3, -0.25) is 9.78 Å². The van der Waals surface area contributed by atoms with E-state index in [0.29, 0.717) is 19.7 Å². The normalized spacial score (nSPS) is 16.7. The summed E-state index contributed by atoms with van der Waals surface area (Å²) in [6.45, 7) is -1.50. The van der Waals surface area contributed by atoms with E-state index in [1.165, 1.54) is 18.2 Å². The van der Waals surface area contributed by atoms with Gasteiger partial charge < -0.3 is 14.4 Å². The zero-order valence-electron chi connectivity index (χ0n) is 14.2. The molecule has 1 amide bonds. The molecule has 1 aromatic carbocycles. The number of ether oxygens (including phenoxy) is 2. The molecule has 0 radical (unpaired) electrons. The van der Waals surface area contributed by atoms with Gasteiger partial charge in [0, 0.05) is 24.9 Å². The van der Waals surface area contributed by atoms with Crippen molar-refractivity contribution in [1.29, 1.82) is 0 Å². The van der Waals surface area contributed by atoms with Gasteiger partial charge in [-0.2, -0.15) is 8.78 Å². The number of hydrogen-bond acceptors (Lipinski definition) is 4. The second-order valence-corrected chi connectivity index (χ2v) is 6.05. The first-order valence-electron chi connectivity index (χ1n) is 8.47. The first-order chi connectivity index (χ1) is 12.6. The summed E-state index contributed by atoms with van der Waals surface area (Å²) in [7, 11) is 0. The molecule has 1 aliphatic heterocycles. The lowest BCUT2D eigenvalue weighted by Crippen LogP contribution is -2.37. The quantitative estimate of drug-likeness (QED) is 0.756. The number of alkyl halides is 2. The molecule has 1 saturated heterocycles. The van der Waals surface area contributed by atoms with E-state index in [-0.39, 0.29) is 23.3 Å². The Bertz CT molecular complexity index is 722. The van der Waals surface area contributed by atoms with Crippen LogP contribution in [0.1, 0.15) is 28.9 Å². The lowest BCUT2D eigenvalue weighted by Gasteiger charge is -2.25. The second kappa shape index (κ2) is 8.71. The molecule has 1 aliphatic rings. The number of hydrogen-bond donors (Lipinski definition) is 0. The van der Waals surface area contributed by atoms with Crippen molar-refractivity contribution in [1.82, 2.24) is 9.88 Å². The van der Waals surface area contributed by atoms with Crippen LogP contribution in [-0.2, 0) is 11.3 Å². The first-order valence-corrected chi connectivity index (χ1v) is 8.47. The Hall–Kier alpha value is -2.54. The molecule has 5 nitrogen and oxygen atoms in total. The van der Waals surface area contributed by atoms with Crippen molar-refractivity contribution in [3.63, 3.8) is 0 Å². The predicted molar refractivity (Wildman–Crippen MR) is 91.0 cm³/mol. The van der Waals surface area contributed by atoms with Crippen LogP contribution in [0.15, 0.2) is 48.7 Å². The van der Waals surface area contributed by atoms with E-state index in [1.54, 1.807) is 23.2 Å². The SMILES string of the molecule is O=C(c1cccc(OC(F)F)c1)N(Cc1ccccn1)C[C@@H]1CCCO1. The van der Waals surface area contributed by atoms with E-state index in [0.717, 1.165) is 18.5 Å². The maximum atomic E-state index is 13.0. The highest BCUT2D eigenvalue weighted by Crippen LogP contribution is 2.20. The minimum atomic E-state index is -2.93. The molecule has 2 aromatic rings. The van der Waals surface area contributed by atoms with Crippen LogP contribution in [-0.4, -0.2) is 41.7 Å². The number of aromatic nitrogens is 1. The number of nitrogens with zero attached hydrogens (tertiary/aromatic N) is 2. The topological polar surface area (TPSA) is 51.7 Å². The highest BCUT2D eigenvalue weighted by molar-refractivity contribution is 5.94. The Morgan fingerprint density at radius 2 is 2.19 bits per heavy atom. The molecule has 0 unspecified atom stereocenters. The van der Waals surface area contributed by atoms with Crippen molar-refractivity contribution in [2.24, 2.45) is 0 Å². The van der Waals surface area contributed by atoms with Crippen molar-refractivity contribution in [3.05, 3.63) is 59.9 Å². The van der Waals surface area contributed by atoms with Gasteiger partial charge in [0.15, 0.2) is 0 Å². The van der Waals surface area contributed by atoms with E-state index in [4.69, 9.17) is 4.74 Å². The number of pyridine rings is 1. The number of carbonyl (C=O) groups excluding carboxylic acids is 1. The molecule has 26 heavy (non-hydrogen) atoms. The number of amides is 1. The molecule has 1 aromatic heterocycles. The largest absolute Gasteiger partial charge is 0.435 e. The standard InChI is InChI=1S/C19H20F2N2O3/c20-19(21)26-16-7-3-5-14(11-16)18(24)23(13-17-8-4-10-25-17)12-15-6-1-2-9-22-15/h1-3,5-7,9,11,17,19H,4,8,10,12-13H2/t17-/m0/s1. The molecule has 0 N–H and O–H groups in total. The predicted octanol–water partition coefficient (Wildman–Crippen LogP) is 3.50. The van der Waals surface area contributed by atoms with Gasteiger partial charge in [0.25, 0.3) is 5.91 Å². The van der Waals surface area contributed by atoms with E-state index in [2.05, 4.69) is 9.72 Å². The number of benzene rings is 1. The van der Waals surface area contributed by atoms with Crippen LogP contribution < -0.4 is 4.74 Å². The smallest absolute Gasteiger partial charge is 0.387 e. The number of carbonyl (C=O) groups is 1. The molecule has 0 spiro atoms. The van der Waals surface area contributed by atoms with E-state index >= 15 is 0 Å². The molecule has 0 saturated carbocycles. The van der Waals surface area contributed by atoms with Crippen molar-refractivity contribution in [2.45, 2.75) is 32.1 Å². The molecule has 7 heteroatoms. The fraction of sp³-hybridized carbons (Fsp3) is 0.368. The summed E-state index contributed by atoms with van der Waals surface area (Å²) in [6, 6.07) is 11.3. The maximum Gasteiger partial charge on any atom is 0.387 e. The molecule has 138 valence electrons. The Balaban J connectivity index is 1.79. The summed E-state index contributed by atoms with van der Waals surface area (Å²) in [4.78, 5) is 18.9. The molecule has 0 bridgehead atoms. The van der Waals surface area contributed by atoms with Gasteiger partial charge in [-0.15, -0.1) is 0 Å². The number of halogens is 2. The molecular weight excluding hydrogens is 342 g/mol. The Morgan fingerprint density at radius 3 is 2.88 bits per heavy atom. The minimum absolute atomic E-state index is 0.0249. The lowest BCUT2D eigenvalue weighted by molar-refractivity contribution is -0.0499. The number of rotatable bonds is 7. The summed E-state index contributed by atoms with van der Waals surface area (Å²) >= 11 is 0. The van der Waals surface area contributed by atoms with Crippen molar-refractivity contribution in [2.75, 3.05) is 13.2 Å². The first kappa shape index (κ1) is 18.3. The molecular formula is C19H20F2N2O3. The summed E-state index contributed by atoms with van der Waals surface area (Å²) in [5.74, 6) is -0.313. The van der Waals surface area contributed by atoms with Crippen LogP contribution in [0.25, 0.3) is 0 Å². The van der Waals surface area contributed by atoms with Crippen LogP contribution in [0.5, 0.6) is 5.75 Å². The summed E-state index contributed by atoms with van der Waals surface area (Å²) in [5.41, 5.74) is 1.04. The molecule has 0 aliphatic carbocycles. The van der Waals surface area contributed by atoms with Crippen LogP contribution in [0.2, 0.25) is 0 Å². The minimum Gasteiger partial charge on any atom is -0.435 e. The van der Waals surface area contributed by atoms with Crippen LogP contribution in [0.4, 0.5) is 8.78 Å². The molecule has 2 heterocycles. The lowest BCUT2D eigenvalue weighted by atomic mass is 10.1. The van der Waals surface area contributed by atoms with Crippen molar-refractivity contribution in [3.8, 4) is 5.75 Å². The highest BCUT2D eigenvalue weighted by Gasteiger charge is 2.24. The summed E-state index contributed by atoms with van der Waals surface area (Å²) < 4.78 is 34.9. The van der Waals surface area contributed by atoms with Gasteiger partial charge in [0.1, 0.15) is 5.75 Å². The third-order valence-corrected chi connectivity index (χ3v) is 4.12. The molecule has 1 fully saturated rings. The fourth-order valence-electron chi connectivity index (χ4n) is 2.93. The van der Waals surface area contributed by atoms with E-state index in [9.17, 15) is 13.6 Å². The average molecular weight is 362 g/mol. The van der Waals surface area contributed by atoms with Crippen molar-refractivity contribution >= 4 is 5.91 Å². The Labute approximate surface area is 150 Å². The second-order valence-electron chi connectivity index (χ2n) is 6.05. The van der Waals surface area contributed by atoms with Crippen LogP contribution >= 0.6 is 0 Å². The summed E-state index contributed by atoms with van der Waals surface area (Å²) in [5, 5.41) is 0. The maximum absolute atomic E-state index is 13.0. The summed E-state index contributed by atoms with van der Waals surface area (Å²) in [6.07, 6.45) is 3.50. The van der Waals surface area contributed by atoms with Gasteiger partial charge in [0.05, 0.1) is 18.3 Å². The monoisotopic (exact) mass is 362 g/mol. The van der Waals surface area contributed by atoms with Crippen molar-refractivity contribution < 1.29 is 23.0 Å². The van der Waals surface area contributed by atoms with E-state index in [1.807, 2.05) is 12.1 Å². The van der Waals surface area contributed by atoms with Gasteiger partial charge >= 0.3 is 6.61 Å². The average Bonchev–Trinajstić information content (AvgIpc) is 3.14. The van der Waals surface area contributed by atoms with Crippen LogP contribution in [0, 0.1) is 0 Å². The molecule has 1 atom stereocenters. The Morgan fingerprint density at radius 1 is 1.31 bits per heavy atom. The fourth-order valence-corrected chi connectivity index (χ4v) is 2.93. The zero-order valence-corrected chi connectivity index (χ0v) is 14.2. The van der Waals surface area contributed by atoms with Gasteiger partial charge in [-0.05, 0) is 43.2 Å². The Kier molecular flexibility index (Phi) is 6.12. The van der Waals surface area contributed by atoms with Crippen LogP contribution in [0.3, 0.4) is 0 Å². The third kappa shape index (κ3) is 4.98. The zero-order chi connectivity index (χ0) is 18.4. The third-order valence-electron chi connectivity index (χ3n) is 4.12. The highest BCUT2D eigenvalue weighted by atomic mass is 19.3. The van der Waals surface area contributed by atoms with E-state index < -0.39 is 6.61 Å². The van der Waals surface area contributed by atoms with Gasteiger partial charge in [0.2, 0.25) is 0 Å². The van der Waals surface area contributed by atoms with Gasteiger partial charge in [-0.25, -0.2) is 0 Å². The van der Waals surface area contributed by atoms with Gasteiger partial charge in [-0.1, -0.05) is 12.1 Å². The molecule has 3 rings (SSSR count).